The van der Waals surface area contributed by atoms with Crippen molar-refractivity contribution < 1.29 is 9.00 Å². The van der Waals surface area contributed by atoms with Gasteiger partial charge in [0.2, 0.25) is 0 Å². The van der Waals surface area contributed by atoms with Gasteiger partial charge in [0.05, 0.1) is 20.0 Å². The molecule has 0 aliphatic heterocycles. The zero-order valence-electron chi connectivity index (χ0n) is 9.93. The van der Waals surface area contributed by atoms with Crippen molar-refractivity contribution in [3.05, 3.63) is 50.1 Å². The van der Waals surface area contributed by atoms with Crippen molar-refractivity contribution >= 4 is 55.5 Å². The van der Waals surface area contributed by atoms with Gasteiger partial charge >= 0.3 is 0 Å². The van der Waals surface area contributed by atoms with Crippen LogP contribution in [0.5, 0.6) is 0 Å². The van der Waals surface area contributed by atoms with Crippen LogP contribution in [0.4, 0.5) is 0 Å². The highest BCUT2D eigenvalue weighted by Crippen LogP contribution is 2.25. The molecule has 0 aliphatic carbocycles. The topological polar surface area (TPSA) is 34.1 Å². The molecule has 0 aliphatic rings. The number of carbonyl (C=O) groups is 1. The third kappa shape index (κ3) is 3.54. The van der Waals surface area contributed by atoms with E-state index in [2.05, 4.69) is 15.9 Å². The fourth-order valence-electron chi connectivity index (χ4n) is 1.54. The van der Waals surface area contributed by atoms with Crippen LogP contribution in [0.25, 0.3) is 0 Å². The Morgan fingerprint density at radius 2 is 2.11 bits per heavy atom. The van der Waals surface area contributed by atoms with Gasteiger partial charge in [0.1, 0.15) is 5.25 Å². The second kappa shape index (κ2) is 6.31. The zero-order chi connectivity index (χ0) is 14.0. The van der Waals surface area contributed by atoms with Crippen LogP contribution in [0.1, 0.15) is 16.6 Å². The van der Waals surface area contributed by atoms with Crippen LogP contribution in [0, 0.1) is 0 Å². The summed E-state index contributed by atoms with van der Waals surface area (Å²) in [5, 5.41) is -0.594. The highest BCUT2D eigenvalue weighted by atomic mass is 79.9. The Kier molecular flexibility index (Phi) is 4.95. The van der Waals surface area contributed by atoms with E-state index in [1.54, 1.807) is 37.3 Å². The van der Waals surface area contributed by atoms with Crippen LogP contribution in [-0.2, 0) is 10.8 Å². The molecule has 0 bridgehead atoms. The van der Waals surface area contributed by atoms with Crippen LogP contribution in [0.15, 0.2) is 45.8 Å². The number of ketones is 1. The number of hydrogen-bond acceptors (Lipinski definition) is 3. The summed E-state index contributed by atoms with van der Waals surface area (Å²) in [4.78, 5) is 13.4. The van der Waals surface area contributed by atoms with Crippen LogP contribution >= 0.6 is 38.9 Å². The summed E-state index contributed by atoms with van der Waals surface area (Å²) < 4.78 is 13.8. The largest absolute Gasteiger partial charge is 0.292 e. The lowest BCUT2D eigenvalue weighted by molar-refractivity contribution is 0.0996. The van der Waals surface area contributed by atoms with Crippen molar-refractivity contribution in [2.24, 2.45) is 0 Å². The average molecular weight is 378 g/mol. The maximum atomic E-state index is 12.4. The van der Waals surface area contributed by atoms with E-state index < -0.39 is 16.0 Å². The van der Waals surface area contributed by atoms with E-state index in [1.807, 2.05) is 6.07 Å². The molecule has 19 heavy (non-hydrogen) atoms. The van der Waals surface area contributed by atoms with Crippen molar-refractivity contribution in [1.82, 2.24) is 0 Å². The van der Waals surface area contributed by atoms with Crippen LogP contribution in [0.2, 0.25) is 4.34 Å². The molecule has 1 aromatic heterocycles. The fraction of sp³-hybridized carbons (Fsp3) is 0.154. The number of halogens is 2. The molecule has 6 heteroatoms. The van der Waals surface area contributed by atoms with E-state index in [-0.39, 0.29) is 5.78 Å². The van der Waals surface area contributed by atoms with Crippen molar-refractivity contribution in [1.29, 1.82) is 0 Å². The van der Waals surface area contributed by atoms with Gasteiger partial charge in [0.25, 0.3) is 0 Å². The van der Waals surface area contributed by atoms with Crippen LogP contribution in [-0.4, -0.2) is 15.2 Å². The Morgan fingerprint density at radius 3 is 2.68 bits per heavy atom. The SMILES string of the molecule is CC(C(=O)c1ccc(Cl)s1)S(=O)c1cccc(Br)c1. The molecule has 0 saturated heterocycles. The van der Waals surface area contributed by atoms with Crippen LogP contribution in [0.3, 0.4) is 0 Å². The normalized spacial score (nSPS) is 14.1. The first-order valence-corrected chi connectivity index (χ1v) is 8.65. The predicted molar refractivity (Wildman–Crippen MR) is 83.7 cm³/mol. The average Bonchev–Trinajstić information content (AvgIpc) is 2.83. The molecule has 2 unspecified atom stereocenters. The maximum Gasteiger partial charge on any atom is 0.188 e. The Balaban J connectivity index is 2.22. The number of thiophene rings is 1. The van der Waals surface area contributed by atoms with E-state index >= 15 is 0 Å². The summed E-state index contributed by atoms with van der Waals surface area (Å²) in [5.74, 6) is -0.143. The van der Waals surface area contributed by atoms with Gasteiger partial charge < -0.3 is 0 Å². The molecule has 0 fully saturated rings. The molecule has 0 N–H and O–H groups in total. The van der Waals surface area contributed by atoms with Gasteiger partial charge in [-0.05, 0) is 37.3 Å². The van der Waals surface area contributed by atoms with Gasteiger partial charge in [-0.15, -0.1) is 11.3 Å². The van der Waals surface area contributed by atoms with E-state index in [9.17, 15) is 9.00 Å². The molecule has 2 aromatic rings. The molecule has 0 amide bonds. The number of carbonyl (C=O) groups excluding carboxylic acids is 1. The fourth-order valence-corrected chi connectivity index (χ4v) is 4.42. The molecular formula is C13H10BrClO2S2. The quantitative estimate of drug-likeness (QED) is 0.733. The van der Waals surface area contributed by atoms with Crippen molar-refractivity contribution in [2.45, 2.75) is 17.1 Å². The van der Waals surface area contributed by atoms with Crippen molar-refractivity contribution in [3.63, 3.8) is 0 Å². The lowest BCUT2D eigenvalue weighted by Gasteiger charge is -2.09. The van der Waals surface area contributed by atoms with Crippen molar-refractivity contribution in [2.75, 3.05) is 0 Å². The maximum absolute atomic E-state index is 12.4. The number of hydrogen-bond donors (Lipinski definition) is 0. The van der Waals surface area contributed by atoms with E-state index in [4.69, 9.17) is 11.6 Å². The summed E-state index contributed by atoms with van der Waals surface area (Å²) in [7, 11) is -1.38. The third-order valence-electron chi connectivity index (χ3n) is 2.53. The first kappa shape index (κ1) is 14.9. The molecule has 1 heterocycles. The molecule has 0 radical (unpaired) electrons. The first-order chi connectivity index (χ1) is 8.99. The highest BCUT2D eigenvalue weighted by Gasteiger charge is 2.24. The standard InChI is InChI=1S/C13H10BrClO2S2/c1-8(13(16)11-5-6-12(15)18-11)19(17)10-4-2-3-9(14)7-10/h2-8H,1H3. The van der Waals surface area contributed by atoms with Gasteiger partial charge in [-0.2, -0.15) is 0 Å². The molecule has 0 spiro atoms. The Bertz CT molecular complexity index is 639. The molecular weight excluding hydrogens is 368 g/mol. The number of Topliss-reactive ketones (excluding diaryl/α,β-unsaturated/α-hetero) is 1. The number of benzene rings is 1. The first-order valence-electron chi connectivity index (χ1n) is 5.44. The zero-order valence-corrected chi connectivity index (χ0v) is 13.9. The van der Waals surface area contributed by atoms with Gasteiger partial charge in [-0.3, -0.25) is 9.00 Å². The molecule has 1 aromatic carbocycles. The monoisotopic (exact) mass is 376 g/mol. The highest BCUT2D eigenvalue weighted by molar-refractivity contribution is 9.10. The van der Waals surface area contributed by atoms with E-state index in [0.29, 0.717) is 14.1 Å². The second-order valence-corrected chi connectivity index (χ2v) is 8.27. The lowest BCUT2D eigenvalue weighted by atomic mass is 10.2. The molecule has 100 valence electrons. The van der Waals surface area contributed by atoms with Gasteiger partial charge in [-0.25, -0.2) is 0 Å². The van der Waals surface area contributed by atoms with E-state index in [0.717, 1.165) is 4.47 Å². The summed E-state index contributed by atoms with van der Waals surface area (Å²) in [6.45, 7) is 1.67. The second-order valence-electron chi connectivity index (χ2n) is 3.87. The summed E-state index contributed by atoms with van der Waals surface area (Å²) in [5.41, 5.74) is 0. The van der Waals surface area contributed by atoms with Crippen LogP contribution < -0.4 is 0 Å². The Labute approximate surface area is 131 Å². The minimum absolute atomic E-state index is 0.143. The lowest BCUT2D eigenvalue weighted by Crippen LogP contribution is -2.22. The smallest absolute Gasteiger partial charge is 0.188 e. The summed E-state index contributed by atoms with van der Waals surface area (Å²) in [6.07, 6.45) is 0. The Morgan fingerprint density at radius 1 is 1.37 bits per heavy atom. The molecule has 2 atom stereocenters. The predicted octanol–water partition coefficient (Wildman–Crippen LogP) is 4.54. The molecule has 2 rings (SSSR count). The van der Waals surface area contributed by atoms with Gasteiger partial charge in [0, 0.05) is 9.37 Å². The Hall–Kier alpha value is -0.490. The third-order valence-corrected chi connectivity index (χ3v) is 5.85. The summed E-state index contributed by atoms with van der Waals surface area (Å²) >= 11 is 10.4. The minimum atomic E-state index is -1.38. The van der Waals surface area contributed by atoms with Crippen molar-refractivity contribution in [3.8, 4) is 0 Å². The van der Waals surface area contributed by atoms with Gasteiger partial charge in [0.15, 0.2) is 5.78 Å². The summed E-state index contributed by atoms with van der Waals surface area (Å²) in [6, 6.07) is 10.5. The molecule has 2 nitrogen and oxygen atoms in total. The number of rotatable bonds is 4. The van der Waals surface area contributed by atoms with E-state index in [1.165, 1.54) is 11.3 Å². The van der Waals surface area contributed by atoms with Gasteiger partial charge in [-0.1, -0.05) is 33.6 Å². The molecule has 0 saturated carbocycles. The minimum Gasteiger partial charge on any atom is -0.292 e.